The minimum absolute atomic E-state index is 0.116. The first kappa shape index (κ1) is 16.0. The predicted molar refractivity (Wildman–Crippen MR) is 84.5 cm³/mol. The molecule has 21 heavy (non-hydrogen) atoms. The number of hydrogen-bond acceptors (Lipinski definition) is 3. The van der Waals surface area contributed by atoms with Crippen molar-refractivity contribution in [1.82, 2.24) is 20.0 Å². The molecule has 118 valence electrons. The summed E-state index contributed by atoms with van der Waals surface area (Å²) in [7, 11) is 3.83. The molecule has 2 rings (SSSR count). The van der Waals surface area contributed by atoms with Gasteiger partial charge in [0.25, 0.3) is 5.91 Å². The molecule has 0 aromatic carbocycles. The molecule has 0 unspecified atom stereocenters. The Morgan fingerprint density at radius 3 is 2.43 bits per heavy atom. The third kappa shape index (κ3) is 3.28. The summed E-state index contributed by atoms with van der Waals surface area (Å²) in [5.41, 5.74) is 2.55. The Morgan fingerprint density at radius 2 is 1.95 bits per heavy atom. The summed E-state index contributed by atoms with van der Waals surface area (Å²) in [6.45, 7) is 7.05. The van der Waals surface area contributed by atoms with Gasteiger partial charge in [-0.25, -0.2) is 0 Å². The van der Waals surface area contributed by atoms with Crippen molar-refractivity contribution < 1.29 is 4.79 Å². The highest BCUT2D eigenvalue weighted by atomic mass is 16.2. The van der Waals surface area contributed by atoms with Gasteiger partial charge in [0.2, 0.25) is 0 Å². The van der Waals surface area contributed by atoms with Gasteiger partial charge in [0.15, 0.2) is 0 Å². The molecule has 0 atom stereocenters. The zero-order valence-corrected chi connectivity index (χ0v) is 13.9. The minimum atomic E-state index is 0.116. The van der Waals surface area contributed by atoms with Crippen molar-refractivity contribution in [2.24, 2.45) is 7.05 Å². The van der Waals surface area contributed by atoms with E-state index in [0.717, 1.165) is 49.2 Å². The maximum absolute atomic E-state index is 12.8. The predicted octanol–water partition coefficient (Wildman–Crippen LogP) is 2.03. The largest absolute Gasteiger partial charge is 0.339 e. The van der Waals surface area contributed by atoms with Gasteiger partial charge in [0.05, 0.1) is 11.3 Å². The molecule has 1 aliphatic rings. The summed E-state index contributed by atoms with van der Waals surface area (Å²) in [6.07, 6.45) is 4.47. The van der Waals surface area contributed by atoms with E-state index in [9.17, 15) is 4.79 Å². The van der Waals surface area contributed by atoms with Crippen LogP contribution in [0.4, 0.5) is 0 Å². The van der Waals surface area contributed by atoms with E-state index in [1.54, 1.807) is 4.68 Å². The fourth-order valence-electron chi connectivity index (χ4n) is 3.38. The Kier molecular flexibility index (Phi) is 5.04. The summed E-state index contributed by atoms with van der Waals surface area (Å²) in [6, 6.07) is 0.975. The smallest absolute Gasteiger partial charge is 0.257 e. The van der Waals surface area contributed by atoms with Crippen LogP contribution in [0.3, 0.4) is 0 Å². The monoisotopic (exact) mass is 292 g/mol. The van der Waals surface area contributed by atoms with E-state index in [1.807, 2.05) is 32.8 Å². The van der Waals surface area contributed by atoms with Crippen LogP contribution < -0.4 is 5.32 Å². The van der Waals surface area contributed by atoms with Crippen molar-refractivity contribution in [2.75, 3.05) is 13.6 Å². The van der Waals surface area contributed by atoms with Gasteiger partial charge in [-0.2, -0.15) is 5.10 Å². The van der Waals surface area contributed by atoms with E-state index in [1.165, 1.54) is 0 Å². The van der Waals surface area contributed by atoms with Crippen LogP contribution in [0.1, 0.15) is 54.4 Å². The molecule has 5 nitrogen and oxygen atoms in total. The second-order valence-electron chi connectivity index (χ2n) is 6.15. The number of nitrogens with zero attached hydrogens (tertiary/aromatic N) is 3. The maximum Gasteiger partial charge on any atom is 0.257 e. The first-order chi connectivity index (χ1) is 9.95. The summed E-state index contributed by atoms with van der Waals surface area (Å²) in [4.78, 5) is 14.7. The number of aryl methyl sites for hydroxylation is 2. The highest BCUT2D eigenvalue weighted by Gasteiger charge is 2.29. The standard InChI is InChI=1S/C16H28N4O/c1-6-17-13-7-9-14(10-8-13)19(4)16(21)15-11(2)18-20(5)12(15)3/h13-14,17H,6-10H2,1-5H3. The summed E-state index contributed by atoms with van der Waals surface area (Å²) < 4.78 is 1.79. The van der Waals surface area contributed by atoms with Crippen LogP contribution in [-0.4, -0.2) is 46.3 Å². The van der Waals surface area contributed by atoms with Gasteiger partial charge in [-0.3, -0.25) is 9.48 Å². The number of aromatic nitrogens is 2. The number of amides is 1. The molecule has 1 saturated carbocycles. The third-order valence-corrected chi connectivity index (χ3v) is 4.78. The van der Waals surface area contributed by atoms with E-state index in [2.05, 4.69) is 17.3 Å². The van der Waals surface area contributed by atoms with Crippen molar-refractivity contribution >= 4 is 5.91 Å². The molecule has 0 spiro atoms. The molecule has 0 saturated heterocycles. The molecule has 1 fully saturated rings. The molecule has 1 N–H and O–H groups in total. The number of hydrogen-bond donors (Lipinski definition) is 1. The molecule has 1 aromatic heterocycles. The second kappa shape index (κ2) is 6.60. The summed E-state index contributed by atoms with van der Waals surface area (Å²) >= 11 is 0. The molecule has 1 aromatic rings. The lowest BCUT2D eigenvalue weighted by molar-refractivity contribution is 0.0683. The van der Waals surface area contributed by atoms with E-state index < -0.39 is 0 Å². The fraction of sp³-hybridized carbons (Fsp3) is 0.750. The Balaban J connectivity index is 2.03. The van der Waals surface area contributed by atoms with E-state index in [4.69, 9.17) is 0 Å². The lowest BCUT2D eigenvalue weighted by Gasteiger charge is -2.35. The molecule has 0 bridgehead atoms. The van der Waals surface area contributed by atoms with Crippen LogP contribution in [0.25, 0.3) is 0 Å². The van der Waals surface area contributed by atoms with Gasteiger partial charge in [-0.05, 0) is 46.1 Å². The quantitative estimate of drug-likeness (QED) is 0.924. The van der Waals surface area contributed by atoms with E-state index in [0.29, 0.717) is 12.1 Å². The SMILES string of the molecule is CCNC1CCC(N(C)C(=O)c2c(C)nn(C)c2C)CC1. The summed E-state index contributed by atoms with van der Waals surface area (Å²) in [5.74, 6) is 0.116. The van der Waals surface area contributed by atoms with Crippen LogP contribution in [-0.2, 0) is 7.05 Å². The fourth-order valence-corrected chi connectivity index (χ4v) is 3.38. The lowest BCUT2D eigenvalue weighted by atomic mass is 9.90. The van der Waals surface area contributed by atoms with Gasteiger partial charge in [-0.1, -0.05) is 6.92 Å². The highest BCUT2D eigenvalue weighted by molar-refractivity contribution is 5.96. The van der Waals surface area contributed by atoms with Crippen LogP contribution in [0.15, 0.2) is 0 Å². The number of nitrogens with one attached hydrogen (secondary N) is 1. The molecular formula is C16H28N4O. The molecular weight excluding hydrogens is 264 g/mol. The van der Waals surface area contributed by atoms with Crippen LogP contribution in [0, 0.1) is 13.8 Å². The van der Waals surface area contributed by atoms with Crippen molar-refractivity contribution in [1.29, 1.82) is 0 Å². The minimum Gasteiger partial charge on any atom is -0.339 e. The topological polar surface area (TPSA) is 50.2 Å². The maximum atomic E-state index is 12.8. The molecule has 1 amide bonds. The van der Waals surface area contributed by atoms with Gasteiger partial charge in [-0.15, -0.1) is 0 Å². The normalized spacial score (nSPS) is 22.3. The average Bonchev–Trinajstić information content (AvgIpc) is 2.72. The third-order valence-electron chi connectivity index (χ3n) is 4.78. The zero-order valence-electron chi connectivity index (χ0n) is 13.9. The Labute approximate surface area is 127 Å². The molecule has 5 heteroatoms. The Hall–Kier alpha value is -1.36. The first-order valence-electron chi connectivity index (χ1n) is 7.96. The molecule has 0 radical (unpaired) electrons. The van der Waals surface area contributed by atoms with Crippen LogP contribution >= 0.6 is 0 Å². The van der Waals surface area contributed by atoms with E-state index >= 15 is 0 Å². The lowest BCUT2D eigenvalue weighted by Crippen LogP contribution is -2.43. The average molecular weight is 292 g/mol. The molecule has 0 aliphatic heterocycles. The van der Waals surface area contributed by atoms with Gasteiger partial charge >= 0.3 is 0 Å². The van der Waals surface area contributed by atoms with Gasteiger partial charge < -0.3 is 10.2 Å². The van der Waals surface area contributed by atoms with Crippen LogP contribution in [0.5, 0.6) is 0 Å². The van der Waals surface area contributed by atoms with E-state index in [-0.39, 0.29) is 5.91 Å². The Bertz CT molecular complexity index is 501. The van der Waals surface area contributed by atoms with Crippen molar-refractivity contribution in [3.05, 3.63) is 17.0 Å². The van der Waals surface area contributed by atoms with Crippen molar-refractivity contribution in [2.45, 2.75) is 58.5 Å². The number of carbonyl (C=O) groups is 1. The number of carbonyl (C=O) groups excluding carboxylic acids is 1. The van der Waals surface area contributed by atoms with Gasteiger partial charge in [0.1, 0.15) is 0 Å². The summed E-state index contributed by atoms with van der Waals surface area (Å²) in [5, 5.41) is 7.86. The zero-order chi connectivity index (χ0) is 15.6. The van der Waals surface area contributed by atoms with Crippen LogP contribution in [0.2, 0.25) is 0 Å². The molecule has 1 heterocycles. The Morgan fingerprint density at radius 1 is 1.33 bits per heavy atom. The molecule has 1 aliphatic carbocycles. The first-order valence-corrected chi connectivity index (χ1v) is 7.96. The van der Waals surface area contributed by atoms with Crippen molar-refractivity contribution in [3.63, 3.8) is 0 Å². The number of rotatable bonds is 4. The van der Waals surface area contributed by atoms with Crippen molar-refractivity contribution in [3.8, 4) is 0 Å². The second-order valence-corrected chi connectivity index (χ2v) is 6.15. The highest BCUT2D eigenvalue weighted by Crippen LogP contribution is 2.24. The van der Waals surface area contributed by atoms with Gasteiger partial charge in [0, 0.05) is 31.9 Å².